The highest BCUT2D eigenvalue weighted by Crippen LogP contribution is 2.33. The van der Waals surface area contributed by atoms with Gasteiger partial charge in [0.25, 0.3) is 0 Å². The molecular formula is C18H19NO5. The average molecular weight is 329 g/mol. The second kappa shape index (κ2) is 8.01. The van der Waals surface area contributed by atoms with E-state index < -0.39 is 11.9 Å². The predicted molar refractivity (Wildman–Crippen MR) is 89.4 cm³/mol. The largest absolute Gasteiger partial charge is 0.492 e. The molecule has 0 saturated heterocycles. The molecule has 2 rings (SSSR count). The maximum absolute atomic E-state index is 12.4. The topological polar surface area (TPSA) is 65.1 Å². The monoisotopic (exact) mass is 329 g/mol. The molecule has 1 heterocycles. The van der Waals surface area contributed by atoms with Crippen molar-refractivity contribution in [1.82, 2.24) is 0 Å². The second-order valence-electron chi connectivity index (χ2n) is 4.72. The first-order valence-corrected chi connectivity index (χ1v) is 7.40. The van der Waals surface area contributed by atoms with Gasteiger partial charge in [-0.15, -0.1) is 0 Å². The second-order valence-corrected chi connectivity index (χ2v) is 4.72. The Bertz CT molecular complexity index is 718. The lowest BCUT2D eigenvalue weighted by molar-refractivity contribution is -0.139. The standard InChI is InChI=1S/C18H19NO5/c1-4-24-15-11-6-5-10-14(15)19-12-8-7-9-13(17(20)22-2)16(19)18(21)23-3/h5-12H,4H2,1-3H3. The van der Waals surface area contributed by atoms with Gasteiger partial charge in [0.2, 0.25) is 0 Å². The molecule has 0 radical (unpaired) electrons. The minimum Gasteiger partial charge on any atom is -0.492 e. The van der Waals surface area contributed by atoms with Crippen LogP contribution < -0.4 is 9.64 Å². The molecule has 1 aromatic rings. The van der Waals surface area contributed by atoms with Crippen LogP contribution in [-0.4, -0.2) is 32.8 Å². The summed E-state index contributed by atoms with van der Waals surface area (Å²) in [7, 11) is 2.52. The highest BCUT2D eigenvalue weighted by Gasteiger charge is 2.28. The van der Waals surface area contributed by atoms with E-state index in [0.717, 1.165) is 0 Å². The van der Waals surface area contributed by atoms with Gasteiger partial charge in [0.1, 0.15) is 11.4 Å². The molecule has 1 aliphatic heterocycles. The smallest absolute Gasteiger partial charge is 0.355 e. The summed E-state index contributed by atoms with van der Waals surface area (Å²) in [6.07, 6.45) is 6.54. The van der Waals surface area contributed by atoms with Gasteiger partial charge in [-0.25, -0.2) is 9.59 Å². The first-order chi connectivity index (χ1) is 11.6. The van der Waals surface area contributed by atoms with Crippen molar-refractivity contribution in [2.75, 3.05) is 25.7 Å². The van der Waals surface area contributed by atoms with Crippen molar-refractivity contribution in [2.45, 2.75) is 6.92 Å². The van der Waals surface area contributed by atoms with Crippen molar-refractivity contribution >= 4 is 17.6 Å². The van der Waals surface area contributed by atoms with Gasteiger partial charge >= 0.3 is 11.9 Å². The molecule has 0 unspecified atom stereocenters. The fourth-order valence-corrected chi connectivity index (χ4v) is 2.28. The molecule has 0 aliphatic carbocycles. The molecule has 6 nitrogen and oxygen atoms in total. The van der Waals surface area contributed by atoms with E-state index in [-0.39, 0.29) is 11.3 Å². The van der Waals surface area contributed by atoms with Gasteiger partial charge in [-0.2, -0.15) is 0 Å². The van der Waals surface area contributed by atoms with Gasteiger partial charge in [0, 0.05) is 6.20 Å². The quantitative estimate of drug-likeness (QED) is 0.774. The predicted octanol–water partition coefficient (Wildman–Crippen LogP) is 2.58. The van der Waals surface area contributed by atoms with Crippen LogP contribution in [0.5, 0.6) is 5.75 Å². The summed E-state index contributed by atoms with van der Waals surface area (Å²) in [5.74, 6) is -0.704. The summed E-state index contributed by atoms with van der Waals surface area (Å²) in [6.45, 7) is 2.33. The Morgan fingerprint density at radius 2 is 1.75 bits per heavy atom. The molecule has 0 saturated carbocycles. The fourth-order valence-electron chi connectivity index (χ4n) is 2.28. The number of esters is 2. The Kier molecular flexibility index (Phi) is 5.78. The summed E-state index contributed by atoms with van der Waals surface area (Å²) in [5.41, 5.74) is 0.767. The first-order valence-electron chi connectivity index (χ1n) is 7.40. The van der Waals surface area contributed by atoms with Crippen molar-refractivity contribution in [2.24, 2.45) is 0 Å². The molecule has 1 aromatic carbocycles. The van der Waals surface area contributed by atoms with E-state index in [2.05, 4.69) is 0 Å². The first kappa shape index (κ1) is 17.3. The Hall–Kier alpha value is -3.02. The molecule has 0 atom stereocenters. The highest BCUT2D eigenvalue weighted by atomic mass is 16.5. The molecule has 0 fully saturated rings. The van der Waals surface area contributed by atoms with Crippen molar-refractivity contribution in [3.8, 4) is 5.75 Å². The Labute approximate surface area is 140 Å². The number of nitrogens with zero attached hydrogens (tertiary/aromatic N) is 1. The number of para-hydroxylation sites is 2. The van der Waals surface area contributed by atoms with Crippen LogP contribution in [-0.2, 0) is 19.1 Å². The van der Waals surface area contributed by atoms with Crippen LogP contribution in [0.4, 0.5) is 5.69 Å². The third-order valence-electron chi connectivity index (χ3n) is 3.31. The maximum atomic E-state index is 12.4. The Morgan fingerprint density at radius 1 is 1.04 bits per heavy atom. The lowest BCUT2D eigenvalue weighted by atomic mass is 10.1. The summed E-state index contributed by atoms with van der Waals surface area (Å²) in [4.78, 5) is 26.0. The van der Waals surface area contributed by atoms with Crippen LogP contribution in [0.1, 0.15) is 6.92 Å². The summed E-state index contributed by atoms with van der Waals surface area (Å²) >= 11 is 0. The van der Waals surface area contributed by atoms with E-state index in [0.29, 0.717) is 18.0 Å². The van der Waals surface area contributed by atoms with Gasteiger partial charge in [0.05, 0.1) is 32.1 Å². The number of benzene rings is 1. The van der Waals surface area contributed by atoms with Crippen molar-refractivity contribution in [1.29, 1.82) is 0 Å². The number of anilines is 1. The van der Waals surface area contributed by atoms with Gasteiger partial charge in [-0.05, 0) is 31.2 Å². The summed E-state index contributed by atoms with van der Waals surface area (Å²) < 4.78 is 15.3. The van der Waals surface area contributed by atoms with Crippen molar-refractivity contribution in [3.05, 3.63) is 60.0 Å². The zero-order chi connectivity index (χ0) is 17.5. The number of ether oxygens (including phenoxy) is 3. The minimum atomic E-state index is -0.655. The Morgan fingerprint density at radius 3 is 2.42 bits per heavy atom. The molecule has 24 heavy (non-hydrogen) atoms. The lowest BCUT2D eigenvalue weighted by Crippen LogP contribution is -2.27. The van der Waals surface area contributed by atoms with Crippen LogP contribution in [0.3, 0.4) is 0 Å². The van der Waals surface area contributed by atoms with Gasteiger partial charge < -0.3 is 19.1 Å². The minimum absolute atomic E-state index is 0.0569. The number of carbonyl (C=O) groups is 2. The van der Waals surface area contributed by atoms with Crippen LogP contribution in [0.25, 0.3) is 0 Å². The van der Waals surface area contributed by atoms with Crippen LogP contribution in [0, 0.1) is 0 Å². The number of hydrogen-bond acceptors (Lipinski definition) is 6. The van der Waals surface area contributed by atoms with Crippen LogP contribution in [0.15, 0.2) is 60.0 Å². The maximum Gasteiger partial charge on any atom is 0.355 e. The van der Waals surface area contributed by atoms with Gasteiger partial charge in [0.15, 0.2) is 0 Å². The molecular weight excluding hydrogens is 310 g/mol. The molecule has 0 N–H and O–H groups in total. The molecule has 0 bridgehead atoms. The number of carbonyl (C=O) groups excluding carboxylic acids is 2. The third-order valence-corrected chi connectivity index (χ3v) is 3.31. The number of rotatable bonds is 5. The molecule has 0 spiro atoms. The van der Waals surface area contributed by atoms with Gasteiger partial charge in [-0.3, -0.25) is 0 Å². The third kappa shape index (κ3) is 3.48. The van der Waals surface area contributed by atoms with E-state index in [1.54, 1.807) is 35.4 Å². The van der Waals surface area contributed by atoms with E-state index >= 15 is 0 Å². The summed E-state index contributed by atoms with van der Waals surface area (Å²) in [6, 6.07) is 7.23. The zero-order valence-electron chi connectivity index (χ0n) is 13.8. The normalized spacial score (nSPS) is 13.5. The number of allylic oxidation sites excluding steroid dienone is 2. The Balaban J connectivity index is 2.66. The molecule has 126 valence electrons. The van der Waals surface area contributed by atoms with Crippen LogP contribution in [0.2, 0.25) is 0 Å². The van der Waals surface area contributed by atoms with Crippen molar-refractivity contribution < 1.29 is 23.8 Å². The van der Waals surface area contributed by atoms with Crippen LogP contribution >= 0.6 is 0 Å². The highest BCUT2D eigenvalue weighted by molar-refractivity contribution is 6.05. The number of methoxy groups -OCH3 is 2. The molecule has 0 aromatic heterocycles. The summed E-state index contributed by atoms with van der Waals surface area (Å²) in [5, 5.41) is 0. The average Bonchev–Trinajstić information content (AvgIpc) is 2.84. The lowest BCUT2D eigenvalue weighted by Gasteiger charge is -2.25. The SMILES string of the molecule is CCOc1ccccc1N1C=CC=CC(C(=O)OC)=C1C(=O)OC. The van der Waals surface area contributed by atoms with E-state index in [1.807, 2.05) is 19.1 Å². The van der Waals surface area contributed by atoms with E-state index in [1.165, 1.54) is 20.3 Å². The van der Waals surface area contributed by atoms with E-state index in [4.69, 9.17) is 14.2 Å². The molecule has 0 amide bonds. The number of hydrogen-bond donors (Lipinski definition) is 0. The van der Waals surface area contributed by atoms with Crippen molar-refractivity contribution in [3.63, 3.8) is 0 Å². The zero-order valence-corrected chi connectivity index (χ0v) is 13.8. The molecule has 6 heteroatoms. The van der Waals surface area contributed by atoms with E-state index in [9.17, 15) is 9.59 Å². The molecule has 1 aliphatic rings. The van der Waals surface area contributed by atoms with Gasteiger partial charge in [-0.1, -0.05) is 18.2 Å². The fraction of sp³-hybridized carbons (Fsp3) is 0.222.